The Morgan fingerprint density at radius 3 is 2.74 bits per heavy atom. The number of hydrogen-bond acceptors (Lipinski definition) is 6. The minimum Gasteiger partial charge on any atom is -0.378 e. The van der Waals surface area contributed by atoms with Gasteiger partial charge in [0, 0.05) is 44.3 Å². The van der Waals surface area contributed by atoms with Crippen LogP contribution in [0.3, 0.4) is 0 Å². The number of halogens is 3. The first kappa shape index (κ1) is 22.6. The van der Waals surface area contributed by atoms with Crippen LogP contribution in [0.1, 0.15) is 27.4 Å². The van der Waals surface area contributed by atoms with Gasteiger partial charge in [-0.25, -0.2) is 4.98 Å². The second-order valence-electron chi connectivity index (χ2n) is 8.76. The molecule has 34 heavy (non-hydrogen) atoms. The number of nitrogens with one attached hydrogen (secondary N) is 2. The van der Waals surface area contributed by atoms with Crippen LogP contribution < -0.4 is 10.2 Å². The number of H-pyrrole nitrogens is 1. The third kappa shape index (κ3) is 4.32. The molecule has 0 bridgehead atoms. The van der Waals surface area contributed by atoms with Gasteiger partial charge in [0.2, 0.25) is 0 Å². The van der Waals surface area contributed by atoms with Crippen molar-refractivity contribution in [1.82, 2.24) is 25.4 Å². The summed E-state index contributed by atoms with van der Waals surface area (Å²) in [5, 5.41) is 10.9. The quantitative estimate of drug-likeness (QED) is 0.605. The maximum absolute atomic E-state index is 13.6. The van der Waals surface area contributed by atoms with Crippen molar-refractivity contribution in [1.29, 1.82) is 0 Å². The zero-order valence-corrected chi connectivity index (χ0v) is 18.6. The molecule has 4 heterocycles. The van der Waals surface area contributed by atoms with Gasteiger partial charge in [-0.3, -0.25) is 9.89 Å². The highest BCUT2D eigenvalue weighted by molar-refractivity contribution is 5.99. The number of morpholine rings is 1. The topological polar surface area (TPSA) is 86.4 Å². The number of amides is 1. The molecule has 0 aliphatic carbocycles. The number of carbonyl (C=O) groups is 1. The third-order valence-electron chi connectivity index (χ3n) is 6.45. The number of aromatic nitrogens is 3. The van der Waals surface area contributed by atoms with Gasteiger partial charge < -0.3 is 19.9 Å². The molecule has 180 valence electrons. The number of likely N-dealkylation sites (N-methyl/N-ethyl adjacent to an activating group) is 1. The number of likely N-dealkylation sites (tertiary alicyclic amines) is 1. The summed E-state index contributed by atoms with van der Waals surface area (Å²) in [4.78, 5) is 21.5. The maximum Gasteiger partial charge on any atom is 0.416 e. The second kappa shape index (κ2) is 8.88. The Bertz CT molecular complexity index is 1190. The number of alkyl halides is 3. The molecule has 2 aliphatic rings. The fraction of sp³-hybridized carbons (Fsp3) is 0.435. The van der Waals surface area contributed by atoms with Gasteiger partial charge in [0.15, 0.2) is 11.5 Å². The molecule has 2 atom stereocenters. The summed E-state index contributed by atoms with van der Waals surface area (Å²) in [5.41, 5.74) is 0.435. The molecule has 0 saturated carbocycles. The zero-order valence-electron chi connectivity index (χ0n) is 18.6. The van der Waals surface area contributed by atoms with Crippen LogP contribution in [0, 0.1) is 0 Å². The van der Waals surface area contributed by atoms with Crippen LogP contribution in [-0.4, -0.2) is 78.5 Å². The van der Waals surface area contributed by atoms with Crippen molar-refractivity contribution in [3.8, 4) is 0 Å². The van der Waals surface area contributed by atoms with E-state index in [-0.39, 0.29) is 11.5 Å². The lowest BCUT2D eigenvalue weighted by atomic mass is 9.90. The van der Waals surface area contributed by atoms with Gasteiger partial charge in [0.25, 0.3) is 5.91 Å². The van der Waals surface area contributed by atoms with Gasteiger partial charge in [-0.15, -0.1) is 0 Å². The van der Waals surface area contributed by atoms with Crippen LogP contribution in [-0.2, 0) is 10.9 Å². The van der Waals surface area contributed by atoms with Crippen LogP contribution in [0.15, 0.2) is 36.5 Å². The zero-order chi connectivity index (χ0) is 23.9. The van der Waals surface area contributed by atoms with Crippen LogP contribution in [0.2, 0.25) is 0 Å². The largest absolute Gasteiger partial charge is 0.416 e. The number of carbonyl (C=O) groups excluding carboxylic acids is 1. The maximum atomic E-state index is 13.6. The number of rotatable bonds is 4. The number of hydrogen-bond donors (Lipinski definition) is 2. The average Bonchev–Trinajstić information content (AvgIpc) is 3.41. The summed E-state index contributed by atoms with van der Waals surface area (Å²) in [5.74, 6) is -0.155. The summed E-state index contributed by atoms with van der Waals surface area (Å²) in [6.07, 6.45) is -3.01. The molecule has 2 aliphatic heterocycles. The Morgan fingerprint density at radius 1 is 1.21 bits per heavy atom. The first-order valence-electron chi connectivity index (χ1n) is 11.1. The van der Waals surface area contributed by atoms with Gasteiger partial charge in [0.05, 0.1) is 29.7 Å². The lowest BCUT2D eigenvalue weighted by Crippen LogP contribution is -2.40. The number of pyridine rings is 1. The smallest absolute Gasteiger partial charge is 0.378 e. The van der Waals surface area contributed by atoms with E-state index in [2.05, 4.69) is 25.4 Å². The molecule has 2 N–H and O–H groups in total. The molecular formula is C23H25F3N6O2. The standard InChI is InChI=1S/C23H25F3N6O2/c1-31-12-17(15-4-2-3-5-18(15)23(24,25)26)19(13-31)28-22(33)14-10-16-20(27-11-14)29-30-21(16)32-6-8-34-9-7-32/h2-5,10-11,17,19H,6-9,12-13H2,1H3,(H,28,33)(H,27,29,30). The lowest BCUT2D eigenvalue weighted by Gasteiger charge is -2.26. The van der Waals surface area contributed by atoms with E-state index < -0.39 is 23.7 Å². The van der Waals surface area contributed by atoms with E-state index in [1.807, 2.05) is 11.9 Å². The molecule has 0 radical (unpaired) electrons. The molecule has 1 aromatic carbocycles. The Kier molecular flexibility index (Phi) is 5.90. The Hall–Kier alpha value is -3.18. The normalized spacial score (nSPS) is 21.8. The van der Waals surface area contributed by atoms with E-state index in [1.54, 1.807) is 12.1 Å². The third-order valence-corrected chi connectivity index (χ3v) is 6.45. The highest BCUT2D eigenvalue weighted by Crippen LogP contribution is 2.38. The van der Waals surface area contributed by atoms with Crippen LogP contribution in [0.5, 0.6) is 0 Å². The van der Waals surface area contributed by atoms with E-state index in [9.17, 15) is 18.0 Å². The minimum atomic E-state index is -4.46. The summed E-state index contributed by atoms with van der Waals surface area (Å²) in [7, 11) is 1.84. The molecule has 3 aromatic rings. The summed E-state index contributed by atoms with van der Waals surface area (Å²) in [6, 6.07) is 6.83. The van der Waals surface area contributed by atoms with Crippen LogP contribution in [0.4, 0.5) is 19.0 Å². The Labute approximate surface area is 194 Å². The van der Waals surface area contributed by atoms with E-state index in [0.29, 0.717) is 56.4 Å². The van der Waals surface area contributed by atoms with Crippen molar-refractivity contribution in [3.63, 3.8) is 0 Å². The minimum absolute atomic E-state index is 0.197. The molecule has 0 spiro atoms. The van der Waals surface area contributed by atoms with Gasteiger partial charge in [-0.2, -0.15) is 18.3 Å². The van der Waals surface area contributed by atoms with Crippen molar-refractivity contribution >= 4 is 22.8 Å². The van der Waals surface area contributed by atoms with Gasteiger partial charge in [-0.1, -0.05) is 18.2 Å². The number of ether oxygens (including phenoxy) is 1. The molecule has 5 rings (SSSR count). The highest BCUT2D eigenvalue weighted by Gasteiger charge is 2.40. The molecule has 2 aromatic heterocycles. The van der Waals surface area contributed by atoms with Crippen LogP contribution in [0.25, 0.3) is 11.0 Å². The molecule has 8 nitrogen and oxygen atoms in total. The highest BCUT2D eigenvalue weighted by atomic mass is 19.4. The van der Waals surface area contributed by atoms with Crippen molar-refractivity contribution < 1.29 is 22.7 Å². The lowest BCUT2D eigenvalue weighted by molar-refractivity contribution is -0.138. The first-order valence-corrected chi connectivity index (χ1v) is 11.1. The molecule has 11 heteroatoms. The molecule has 1 amide bonds. The number of aromatic amines is 1. The SMILES string of the molecule is CN1CC(NC(=O)c2cnc3[nH]nc(N4CCOCC4)c3c2)C(c2ccccc2C(F)(F)F)C1. The van der Waals surface area contributed by atoms with Crippen molar-refractivity contribution in [3.05, 3.63) is 53.2 Å². The second-order valence-corrected chi connectivity index (χ2v) is 8.76. The van der Waals surface area contributed by atoms with E-state index in [4.69, 9.17) is 4.74 Å². The van der Waals surface area contributed by atoms with Gasteiger partial charge in [-0.05, 0) is 24.7 Å². The monoisotopic (exact) mass is 474 g/mol. The number of benzene rings is 1. The number of fused-ring (bicyclic) bond motifs is 1. The molecule has 2 unspecified atom stereocenters. The van der Waals surface area contributed by atoms with Crippen molar-refractivity contribution in [2.75, 3.05) is 51.3 Å². The average molecular weight is 474 g/mol. The fourth-order valence-corrected chi connectivity index (χ4v) is 4.82. The fourth-order valence-electron chi connectivity index (χ4n) is 4.82. The summed E-state index contributed by atoms with van der Waals surface area (Å²) in [6.45, 7) is 3.42. The Morgan fingerprint density at radius 2 is 1.97 bits per heavy atom. The van der Waals surface area contributed by atoms with E-state index in [0.717, 1.165) is 11.5 Å². The first-order chi connectivity index (χ1) is 16.3. The summed E-state index contributed by atoms with van der Waals surface area (Å²) >= 11 is 0. The van der Waals surface area contributed by atoms with E-state index in [1.165, 1.54) is 18.3 Å². The molecule has 2 fully saturated rings. The number of anilines is 1. The van der Waals surface area contributed by atoms with Crippen LogP contribution >= 0.6 is 0 Å². The molecule has 2 saturated heterocycles. The van der Waals surface area contributed by atoms with Crippen molar-refractivity contribution in [2.24, 2.45) is 0 Å². The number of nitrogens with zero attached hydrogens (tertiary/aromatic N) is 4. The van der Waals surface area contributed by atoms with E-state index >= 15 is 0 Å². The van der Waals surface area contributed by atoms with Gasteiger partial charge >= 0.3 is 6.18 Å². The predicted octanol–water partition coefficient (Wildman–Crippen LogP) is 2.64. The predicted molar refractivity (Wildman–Crippen MR) is 120 cm³/mol. The molecular weight excluding hydrogens is 449 g/mol. The Balaban J connectivity index is 1.40. The van der Waals surface area contributed by atoms with Crippen molar-refractivity contribution in [2.45, 2.75) is 18.1 Å². The summed E-state index contributed by atoms with van der Waals surface area (Å²) < 4.78 is 46.3. The van der Waals surface area contributed by atoms with Gasteiger partial charge in [0.1, 0.15) is 0 Å².